The fourth-order valence-electron chi connectivity index (χ4n) is 2.39. The molecule has 2 heterocycles. The Morgan fingerprint density at radius 2 is 2.35 bits per heavy atom. The third kappa shape index (κ3) is 3.78. The number of hydrogen-bond acceptors (Lipinski definition) is 5. The SMILES string of the molecule is CCCCN(CC1CCCN1)S(=O)(=O)c1cnc(C)s1. The maximum Gasteiger partial charge on any atom is 0.254 e. The molecule has 0 saturated carbocycles. The van der Waals surface area contributed by atoms with Crippen molar-refractivity contribution in [2.75, 3.05) is 19.6 Å². The van der Waals surface area contributed by atoms with E-state index in [1.165, 1.54) is 17.5 Å². The van der Waals surface area contributed by atoms with E-state index in [-0.39, 0.29) is 6.04 Å². The second-order valence-corrected chi connectivity index (χ2v) is 8.61. The van der Waals surface area contributed by atoms with E-state index in [2.05, 4.69) is 17.2 Å². The van der Waals surface area contributed by atoms with Gasteiger partial charge in [-0.05, 0) is 32.7 Å². The Balaban J connectivity index is 2.15. The van der Waals surface area contributed by atoms with E-state index in [9.17, 15) is 8.42 Å². The summed E-state index contributed by atoms with van der Waals surface area (Å²) < 4.78 is 27.4. The van der Waals surface area contributed by atoms with E-state index in [0.29, 0.717) is 17.3 Å². The van der Waals surface area contributed by atoms with Crippen molar-refractivity contribution >= 4 is 21.4 Å². The molecule has 1 atom stereocenters. The zero-order chi connectivity index (χ0) is 14.6. The average Bonchev–Trinajstić information content (AvgIpc) is 3.05. The van der Waals surface area contributed by atoms with Crippen molar-refractivity contribution in [1.82, 2.24) is 14.6 Å². The molecular formula is C13H23N3O2S2. The molecule has 1 aliphatic rings. The van der Waals surface area contributed by atoms with Gasteiger partial charge in [0.15, 0.2) is 4.21 Å². The van der Waals surface area contributed by atoms with Gasteiger partial charge in [-0.15, -0.1) is 11.3 Å². The summed E-state index contributed by atoms with van der Waals surface area (Å²) in [6.45, 7) is 6.06. The van der Waals surface area contributed by atoms with Crippen LogP contribution in [0.15, 0.2) is 10.4 Å². The van der Waals surface area contributed by atoms with Crippen LogP contribution >= 0.6 is 11.3 Å². The van der Waals surface area contributed by atoms with Crippen molar-refractivity contribution in [3.63, 3.8) is 0 Å². The second kappa shape index (κ2) is 6.98. The number of nitrogens with zero attached hydrogens (tertiary/aromatic N) is 2. The third-order valence-corrected chi connectivity index (χ3v) is 6.76. The third-order valence-electron chi connectivity index (χ3n) is 3.54. The number of hydrogen-bond donors (Lipinski definition) is 1. The summed E-state index contributed by atoms with van der Waals surface area (Å²) in [7, 11) is -3.39. The molecule has 0 amide bonds. The molecule has 20 heavy (non-hydrogen) atoms. The molecule has 0 radical (unpaired) electrons. The molecule has 1 saturated heterocycles. The molecule has 1 aromatic rings. The average molecular weight is 317 g/mol. The van der Waals surface area contributed by atoms with E-state index >= 15 is 0 Å². The van der Waals surface area contributed by atoms with Gasteiger partial charge < -0.3 is 5.32 Å². The Morgan fingerprint density at radius 1 is 1.55 bits per heavy atom. The van der Waals surface area contributed by atoms with Crippen LogP contribution in [0.3, 0.4) is 0 Å². The van der Waals surface area contributed by atoms with Crippen molar-refractivity contribution in [3.8, 4) is 0 Å². The topological polar surface area (TPSA) is 62.3 Å². The Hall–Kier alpha value is -0.500. The lowest BCUT2D eigenvalue weighted by atomic mass is 10.2. The van der Waals surface area contributed by atoms with Gasteiger partial charge in [-0.1, -0.05) is 13.3 Å². The molecule has 1 N–H and O–H groups in total. The van der Waals surface area contributed by atoms with Crippen LogP contribution in [-0.4, -0.2) is 43.4 Å². The molecule has 7 heteroatoms. The molecule has 0 bridgehead atoms. The molecule has 5 nitrogen and oxygen atoms in total. The highest BCUT2D eigenvalue weighted by atomic mass is 32.2. The molecule has 0 spiro atoms. The quantitative estimate of drug-likeness (QED) is 0.835. The van der Waals surface area contributed by atoms with Crippen LogP contribution in [0, 0.1) is 6.92 Å². The molecule has 1 unspecified atom stereocenters. The first kappa shape index (κ1) is 15.9. The Kier molecular flexibility index (Phi) is 5.54. The fourth-order valence-corrected chi connectivity index (χ4v) is 5.18. The summed E-state index contributed by atoms with van der Waals surface area (Å²) in [5, 5.41) is 4.16. The van der Waals surface area contributed by atoms with Crippen molar-refractivity contribution in [2.24, 2.45) is 0 Å². The summed E-state index contributed by atoms with van der Waals surface area (Å²) in [5.74, 6) is 0. The van der Waals surface area contributed by atoms with Gasteiger partial charge in [-0.2, -0.15) is 4.31 Å². The summed E-state index contributed by atoms with van der Waals surface area (Å²) >= 11 is 1.25. The minimum Gasteiger partial charge on any atom is -0.313 e. The summed E-state index contributed by atoms with van der Waals surface area (Å²) in [4.78, 5) is 4.07. The summed E-state index contributed by atoms with van der Waals surface area (Å²) in [6.07, 6.45) is 5.55. The van der Waals surface area contributed by atoms with Gasteiger partial charge in [0.05, 0.1) is 11.2 Å². The predicted molar refractivity (Wildman–Crippen MR) is 81.5 cm³/mol. The monoisotopic (exact) mass is 317 g/mol. The number of aryl methyl sites for hydroxylation is 1. The van der Waals surface area contributed by atoms with Gasteiger partial charge in [0.1, 0.15) is 0 Å². The van der Waals surface area contributed by atoms with Crippen molar-refractivity contribution in [2.45, 2.75) is 49.8 Å². The fraction of sp³-hybridized carbons (Fsp3) is 0.769. The van der Waals surface area contributed by atoms with E-state index in [1.807, 2.05) is 6.92 Å². The van der Waals surface area contributed by atoms with Crippen LogP contribution in [-0.2, 0) is 10.0 Å². The maximum absolute atomic E-state index is 12.7. The summed E-state index contributed by atoms with van der Waals surface area (Å²) in [5.41, 5.74) is 0. The standard InChI is InChI=1S/C13H23N3O2S2/c1-3-4-8-16(10-12-6-5-7-14-12)20(17,18)13-9-15-11(2)19-13/h9,12,14H,3-8,10H2,1-2H3. The Labute approximate surface area is 125 Å². The zero-order valence-electron chi connectivity index (χ0n) is 12.1. The Morgan fingerprint density at radius 3 is 2.90 bits per heavy atom. The van der Waals surface area contributed by atoms with Gasteiger partial charge in [0.25, 0.3) is 10.0 Å². The smallest absolute Gasteiger partial charge is 0.254 e. The normalized spacial score (nSPS) is 19.9. The highest BCUT2D eigenvalue weighted by Crippen LogP contribution is 2.23. The minimum atomic E-state index is -3.39. The first-order valence-corrected chi connectivity index (χ1v) is 9.45. The molecule has 1 aliphatic heterocycles. The number of aromatic nitrogens is 1. The molecule has 114 valence electrons. The van der Waals surface area contributed by atoms with E-state index in [4.69, 9.17) is 0 Å². The first-order chi connectivity index (χ1) is 9.54. The number of nitrogens with one attached hydrogen (secondary N) is 1. The number of thiazole rings is 1. The lowest BCUT2D eigenvalue weighted by Crippen LogP contribution is -2.41. The second-order valence-electron chi connectivity index (χ2n) is 5.21. The van der Waals surface area contributed by atoms with Crippen LogP contribution in [0.4, 0.5) is 0 Å². The largest absolute Gasteiger partial charge is 0.313 e. The van der Waals surface area contributed by atoms with Gasteiger partial charge in [0.2, 0.25) is 0 Å². The number of sulfonamides is 1. The van der Waals surface area contributed by atoms with Gasteiger partial charge >= 0.3 is 0 Å². The number of unbranched alkanes of at least 4 members (excludes halogenated alkanes) is 1. The molecule has 0 aromatic carbocycles. The molecule has 2 rings (SSSR count). The summed E-state index contributed by atoms with van der Waals surface area (Å²) in [6, 6.07) is 0.288. The lowest BCUT2D eigenvalue weighted by Gasteiger charge is -2.24. The van der Waals surface area contributed by atoms with Gasteiger partial charge in [-0.3, -0.25) is 0 Å². The van der Waals surface area contributed by atoms with Crippen LogP contribution in [0.1, 0.15) is 37.6 Å². The van der Waals surface area contributed by atoms with Gasteiger partial charge in [-0.25, -0.2) is 13.4 Å². The molecular weight excluding hydrogens is 294 g/mol. The van der Waals surface area contributed by atoms with Gasteiger partial charge in [0, 0.05) is 19.1 Å². The molecule has 1 fully saturated rings. The predicted octanol–water partition coefficient (Wildman–Crippen LogP) is 1.99. The van der Waals surface area contributed by atoms with Crippen molar-refractivity contribution in [1.29, 1.82) is 0 Å². The van der Waals surface area contributed by atoms with Crippen LogP contribution in [0.25, 0.3) is 0 Å². The van der Waals surface area contributed by atoms with E-state index < -0.39 is 10.0 Å². The van der Waals surface area contributed by atoms with Crippen LogP contribution in [0.2, 0.25) is 0 Å². The molecule has 0 aliphatic carbocycles. The van der Waals surface area contributed by atoms with Crippen LogP contribution in [0.5, 0.6) is 0 Å². The minimum absolute atomic E-state index is 0.288. The molecule has 1 aromatic heterocycles. The first-order valence-electron chi connectivity index (χ1n) is 7.20. The highest BCUT2D eigenvalue weighted by molar-refractivity contribution is 7.91. The van der Waals surface area contributed by atoms with Crippen molar-refractivity contribution < 1.29 is 8.42 Å². The number of rotatable bonds is 7. The maximum atomic E-state index is 12.7. The Bertz CT molecular complexity index is 521. The van der Waals surface area contributed by atoms with Crippen LogP contribution < -0.4 is 5.32 Å². The van der Waals surface area contributed by atoms with Crippen molar-refractivity contribution in [3.05, 3.63) is 11.2 Å². The highest BCUT2D eigenvalue weighted by Gasteiger charge is 2.29. The van der Waals surface area contributed by atoms with E-state index in [0.717, 1.165) is 37.2 Å². The van der Waals surface area contributed by atoms with E-state index in [1.54, 1.807) is 4.31 Å². The zero-order valence-corrected chi connectivity index (χ0v) is 13.8. The lowest BCUT2D eigenvalue weighted by molar-refractivity contribution is 0.365.